The molecule has 0 unspecified atom stereocenters. The van der Waals surface area contributed by atoms with Crippen LogP contribution in [0, 0.1) is 11.8 Å². The minimum atomic E-state index is -0.0790. The Morgan fingerprint density at radius 3 is 2.92 bits per heavy atom. The summed E-state index contributed by atoms with van der Waals surface area (Å²) in [6.07, 6.45) is 9.26. The van der Waals surface area contributed by atoms with Crippen molar-refractivity contribution in [3.8, 4) is 0 Å². The van der Waals surface area contributed by atoms with Gasteiger partial charge in [0.05, 0.1) is 11.7 Å². The van der Waals surface area contributed by atoms with E-state index >= 15 is 0 Å². The Bertz CT molecular complexity index is 885. The molecule has 1 amide bonds. The first-order valence-electron chi connectivity index (χ1n) is 9.82. The van der Waals surface area contributed by atoms with Crippen molar-refractivity contribution in [2.24, 2.45) is 11.8 Å². The molecule has 0 bridgehead atoms. The lowest BCUT2D eigenvalue weighted by molar-refractivity contribution is -0.123. The molecule has 0 aliphatic heterocycles. The zero-order valence-corrected chi connectivity index (χ0v) is 16.4. The molecule has 4 rings (SSSR count). The highest BCUT2D eigenvalue weighted by Crippen LogP contribution is 2.35. The molecule has 2 aliphatic rings. The van der Waals surface area contributed by atoms with E-state index in [1.807, 2.05) is 0 Å². The SMILES string of the molecule is C[C@@H]1CCc2c(sc3ncn(CC(=O)N[C@H]4CCCC[C@H]4C)c(=O)c23)C1. The van der Waals surface area contributed by atoms with E-state index in [-0.39, 0.29) is 24.1 Å². The van der Waals surface area contributed by atoms with Gasteiger partial charge in [0.15, 0.2) is 0 Å². The monoisotopic (exact) mass is 373 g/mol. The van der Waals surface area contributed by atoms with Gasteiger partial charge in [-0.25, -0.2) is 4.98 Å². The van der Waals surface area contributed by atoms with Gasteiger partial charge in [-0.3, -0.25) is 14.2 Å². The fraction of sp³-hybridized carbons (Fsp3) is 0.650. The van der Waals surface area contributed by atoms with Crippen LogP contribution in [0.4, 0.5) is 0 Å². The molecule has 5 nitrogen and oxygen atoms in total. The van der Waals surface area contributed by atoms with Gasteiger partial charge in [0, 0.05) is 10.9 Å². The lowest BCUT2D eigenvalue weighted by atomic mass is 9.86. The number of aromatic nitrogens is 2. The van der Waals surface area contributed by atoms with Crippen molar-refractivity contribution in [3.05, 3.63) is 27.1 Å². The lowest BCUT2D eigenvalue weighted by Crippen LogP contribution is -2.43. The largest absolute Gasteiger partial charge is 0.352 e. The van der Waals surface area contributed by atoms with Crippen molar-refractivity contribution in [2.75, 3.05) is 0 Å². The van der Waals surface area contributed by atoms with Gasteiger partial charge in [-0.15, -0.1) is 11.3 Å². The second kappa shape index (κ2) is 7.14. The van der Waals surface area contributed by atoms with E-state index in [0.717, 1.165) is 42.3 Å². The third kappa shape index (κ3) is 3.31. The Morgan fingerprint density at radius 1 is 1.31 bits per heavy atom. The van der Waals surface area contributed by atoms with Gasteiger partial charge in [-0.2, -0.15) is 0 Å². The summed E-state index contributed by atoms with van der Waals surface area (Å²) in [5, 5.41) is 3.88. The topological polar surface area (TPSA) is 64.0 Å². The molecular weight excluding hydrogens is 346 g/mol. The minimum absolute atomic E-state index is 0.0612. The quantitative estimate of drug-likeness (QED) is 0.898. The van der Waals surface area contributed by atoms with E-state index in [9.17, 15) is 9.59 Å². The van der Waals surface area contributed by atoms with Crippen LogP contribution in [0.5, 0.6) is 0 Å². The molecule has 140 valence electrons. The Hall–Kier alpha value is -1.69. The van der Waals surface area contributed by atoms with Crippen molar-refractivity contribution >= 4 is 27.5 Å². The van der Waals surface area contributed by atoms with Crippen molar-refractivity contribution in [1.82, 2.24) is 14.9 Å². The number of hydrogen-bond donors (Lipinski definition) is 1. The average Bonchev–Trinajstić information content (AvgIpc) is 2.97. The van der Waals surface area contributed by atoms with Gasteiger partial charge in [0.2, 0.25) is 5.91 Å². The van der Waals surface area contributed by atoms with E-state index < -0.39 is 0 Å². The third-order valence-corrected chi connectivity index (χ3v) is 7.22. The van der Waals surface area contributed by atoms with Crippen LogP contribution < -0.4 is 10.9 Å². The summed E-state index contributed by atoms with van der Waals surface area (Å²) in [7, 11) is 0. The fourth-order valence-corrected chi connectivity index (χ4v) is 5.76. The Kier molecular flexibility index (Phi) is 4.86. The number of amides is 1. The number of carbonyl (C=O) groups excluding carboxylic acids is 1. The summed E-state index contributed by atoms with van der Waals surface area (Å²) >= 11 is 1.65. The van der Waals surface area contributed by atoms with Crippen LogP contribution in [0.15, 0.2) is 11.1 Å². The third-order valence-electron chi connectivity index (χ3n) is 6.05. The first kappa shape index (κ1) is 17.7. The summed E-state index contributed by atoms with van der Waals surface area (Å²) < 4.78 is 1.48. The Balaban J connectivity index is 1.56. The molecule has 26 heavy (non-hydrogen) atoms. The first-order chi connectivity index (χ1) is 12.5. The number of aryl methyl sites for hydroxylation is 1. The van der Waals surface area contributed by atoms with E-state index in [1.165, 1.54) is 27.8 Å². The number of carbonyl (C=O) groups is 1. The highest BCUT2D eigenvalue weighted by atomic mass is 32.1. The van der Waals surface area contributed by atoms with Crippen LogP contribution in [-0.2, 0) is 24.2 Å². The smallest absolute Gasteiger partial charge is 0.262 e. The average molecular weight is 374 g/mol. The molecule has 3 atom stereocenters. The molecule has 2 heterocycles. The Labute approximate surface area is 157 Å². The lowest BCUT2D eigenvalue weighted by Gasteiger charge is -2.29. The molecule has 0 aromatic carbocycles. The summed E-state index contributed by atoms with van der Waals surface area (Å²) in [4.78, 5) is 32.1. The summed E-state index contributed by atoms with van der Waals surface area (Å²) in [6.45, 7) is 4.52. The van der Waals surface area contributed by atoms with Gasteiger partial charge in [-0.05, 0) is 49.5 Å². The first-order valence-corrected chi connectivity index (χ1v) is 10.6. The molecule has 2 aliphatic carbocycles. The molecule has 2 aromatic rings. The second-order valence-corrected chi connectivity index (χ2v) is 9.23. The highest BCUT2D eigenvalue weighted by Gasteiger charge is 2.25. The molecule has 0 radical (unpaired) electrons. The molecule has 0 saturated heterocycles. The molecule has 2 aromatic heterocycles. The number of hydrogen-bond acceptors (Lipinski definition) is 4. The van der Waals surface area contributed by atoms with Crippen LogP contribution in [0.3, 0.4) is 0 Å². The van der Waals surface area contributed by atoms with Crippen molar-refractivity contribution in [2.45, 2.75) is 71.4 Å². The number of rotatable bonds is 3. The second-order valence-electron chi connectivity index (χ2n) is 8.15. The standard InChI is InChI=1S/C20H27N3O2S/c1-12-7-8-14-16(9-12)26-19-18(14)20(25)23(11-21-19)10-17(24)22-15-6-4-3-5-13(15)2/h11-13,15H,3-10H2,1-2H3,(H,22,24)/t12-,13-,15+/m1/s1. The molecule has 1 saturated carbocycles. The van der Waals surface area contributed by atoms with Crippen molar-refractivity contribution < 1.29 is 4.79 Å². The maximum atomic E-state index is 13.0. The van der Waals surface area contributed by atoms with Gasteiger partial charge in [0.25, 0.3) is 5.56 Å². The summed E-state index contributed by atoms with van der Waals surface area (Å²) in [6, 6.07) is 0.235. The van der Waals surface area contributed by atoms with Gasteiger partial charge < -0.3 is 5.32 Å². The van der Waals surface area contributed by atoms with Gasteiger partial charge >= 0.3 is 0 Å². The van der Waals surface area contributed by atoms with Crippen molar-refractivity contribution in [3.63, 3.8) is 0 Å². The predicted octanol–water partition coefficient (Wildman–Crippen LogP) is 3.28. The highest BCUT2D eigenvalue weighted by molar-refractivity contribution is 7.18. The maximum Gasteiger partial charge on any atom is 0.262 e. The van der Waals surface area contributed by atoms with E-state index in [2.05, 4.69) is 24.1 Å². The van der Waals surface area contributed by atoms with Gasteiger partial charge in [-0.1, -0.05) is 26.7 Å². The maximum absolute atomic E-state index is 13.0. The number of nitrogens with zero attached hydrogens (tertiary/aromatic N) is 2. The molecule has 0 spiro atoms. The minimum Gasteiger partial charge on any atom is -0.352 e. The van der Waals surface area contributed by atoms with Crippen LogP contribution >= 0.6 is 11.3 Å². The summed E-state index contributed by atoms with van der Waals surface area (Å²) in [5.41, 5.74) is 1.12. The zero-order chi connectivity index (χ0) is 18.3. The predicted molar refractivity (Wildman–Crippen MR) is 105 cm³/mol. The van der Waals surface area contributed by atoms with Gasteiger partial charge in [0.1, 0.15) is 11.4 Å². The number of thiophene rings is 1. The van der Waals surface area contributed by atoms with E-state index in [4.69, 9.17) is 0 Å². The zero-order valence-electron chi connectivity index (χ0n) is 15.6. The fourth-order valence-electron chi connectivity index (χ4n) is 4.42. The van der Waals surface area contributed by atoms with Crippen LogP contribution in [0.25, 0.3) is 10.2 Å². The summed E-state index contributed by atoms with van der Waals surface area (Å²) in [5.74, 6) is 1.10. The number of fused-ring (bicyclic) bond motifs is 3. The molecule has 1 N–H and O–H groups in total. The molecule has 6 heteroatoms. The van der Waals surface area contributed by atoms with E-state index in [0.29, 0.717) is 11.8 Å². The van der Waals surface area contributed by atoms with Crippen LogP contribution in [-0.4, -0.2) is 21.5 Å². The van der Waals surface area contributed by atoms with Crippen molar-refractivity contribution in [1.29, 1.82) is 0 Å². The Morgan fingerprint density at radius 2 is 2.12 bits per heavy atom. The normalized spacial score (nSPS) is 25.8. The van der Waals surface area contributed by atoms with Crippen LogP contribution in [0.1, 0.15) is 56.4 Å². The molecular formula is C20H27N3O2S. The number of nitrogens with one attached hydrogen (secondary N) is 1. The molecule has 1 fully saturated rings. The van der Waals surface area contributed by atoms with Crippen LogP contribution in [0.2, 0.25) is 0 Å². The van der Waals surface area contributed by atoms with E-state index in [1.54, 1.807) is 17.7 Å².